The van der Waals surface area contributed by atoms with Crippen LogP contribution in [0.25, 0.3) is 0 Å². The van der Waals surface area contributed by atoms with Crippen LogP contribution >= 0.6 is 0 Å². The summed E-state index contributed by atoms with van der Waals surface area (Å²) in [6.07, 6.45) is 15.7. The SMILES string of the molecule is CC#C[C@@H](CC(=O)O)c1ccc(OCC2=C[C@]3(CCC2)CCC(=O)C3)cc1.CC#C[C@@H](CC(=O)[O-])c1ccc(OCC2=C[C@]3(CCC2)CCC(=O)C3)cc1.[Na+]. The van der Waals surface area contributed by atoms with E-state index in [9.17, 15) is 24.3 Å². The Morgan fingerprint density at radius 1 is 0.691 bits per heavy atom. The number of benzene rings is 2. The van der Waals surface area contributed by atoms with Crippen molar-refractivity contribution in [3.63, 3.8) is 0 Å². The maximum absolute atomic E-state index is 11.7. The Bertz CT molecular complexity index is 1730. The maximum Gasteiger partial charge on any atom is 1.00 e. The molecule has 0 radical (unpaired) electrons. The van der Waals surface area contributed by atoms with Crippen LogP contribution in [0, 0.1) is 34.5 Å². The molecule has 0 aliphatic heterocycles. The molecule has 9 heteroatoms. The molecule has 6 rings (SSSR count). The van der Waals surface area contributed by atoms with Crippen molar-refractivity contribution in [2.75, 3.05) is 13.2 Å². The van der Waals surface area contributed by atoms with Crippen LogP contribution in [0.4, 0.5) is 0 Å². The quantitative estimate of drug-likeness (QED) is 0.188. The van der Waals surface area contributed by atoms with Crippen LogP contribution in [-0.2, 0) is 19.2 Å². The van der Waals surface area contributed by atoms with E-state index in [0.717, 1.165) is 74.0 Å². The maximum atomic E-state index is 11.7. The fourth-order valence-corrected chi connectivity index (χ4v) is 8.45. The minimum absolute atomic E-state index is 0. The number of carbonyl (C=O) groups excluding carboxylic acids is 3. The van der Waals surface area contributed by atoms with Crippen LogP contribution in [-0.4, -0.2) is 41.8 Å². The topological polar surface area (TPSA) is 130 Å². The number of allylic oxidation sites excluding steroid dienone is 2. The number of hydrogen-bond acceptors (Lipinski definition) is 7. The van der Waals surface area contributed by atoms with Crippen molar-refractivity contribution in [1.29, 1.82) is 0 Å². The summed E-state index contributed by atoms with van der Waals surface area (Å²) >= 11 is 0. The van der Waals surface area contributed by atoms with Gasteiger partial charge in [0.25, 0.3) is 0 Å². The van der Waals surface area contributed by atoms with Gasteiger partial charge >= 0.3 is 35.5 Å². The molecule has 55 heavy (non-hydrogen) atoms. The molecule has 8 nitrogen and oxygen atoms in total. The second-order valence-electron chi connectivity index (χ2n) is 15.3. The second-order valence-corrected chi connectivity index (χ2v) is 15.3. The number of hydrogen-bond donors (Lipinski definition) is 1. The van der Waals surface area contributed by atoms with Crippen molar-refractivity contribution in [3.8, 4) is 35.2 Å². The Morgan fingerprint density at radius 3 is 1.45 bits per heavy atom. The van der Waals surface area contributed by atoms with Gasteiger partial charge in [-0.25, -0.2) is 0 Å². The smallest absolute Gasteiger partial charge is 0.550 e. The average molecular weight is 755 g/mol. The first-order chi connectivity index (χ1) is 26.0. The van der Waals surface area contributed by atoms with Crippen molar-refractivity contribution in [2.45, 2.75) is 116 Å². The first-order valence-corrected chi connectivity index (χ1v) is 19.2. The van der Waals surface area contributed by atoms with Gasteiger partial charge in [0.2, 0.25) is 0 Å². The monoisotopic (exact) mass is 754 g/mol. The molecule has 284 valence electrons. The van der Waals surface area contributed by atoms with E-state index in [-0.39, 0.29) is 65.1 Å². The van der Waals surface area contributed by atoms with Gasteiger partial charge < -0.3 is 24.5 Å². The molecule has 0 bridgehead atoms. The number of carboxylic acids is 2. The predicted octanol–water partition coefficient (Wildman–Crippen LogP) is 4.66. The zero-order valence-electron chi connectivity index (χ0n) is 32.5. The van der Waals surface area contributed by atoms with Gasteiger partial charge in [-0.1, -0.05) is 48.3 Å². The molecule has 0 heterocycles. The van der Waals surface area contributed by atoms with Gasteiger partial charge in [-0.2, -0.15) is 0 Å². The van der Waals surface area contributed by atoms with Gasteiger partial charge in [-0.3, -0.25) is 14.4 Å². The van der Waals surface area contributed by atoms with Crippen LogP contribution in [0.5, 0.6) is 11.5 Å². The van der Waals surface area contributed by atoms with E-state index in [2.05, 4.69) is 35.8 Å². The van der Waals surface area contributed by atoms with Gasteiger partial charge in [0.15, 0.2) is 0 Å². The number of aliphatic carboxylic acids is 2. The molecule has 1 N–H and O–H groups in total. The molecule has 0 unspecified atom stereocenters. The molecule has 2 spiro atoms. The Morgan fingerprint density at radius 2 is 1.11 bits per heavy atom. The van der Waals surface area contributed by atoms with E-state index in [1.54, 1.807) is 13.8 Å². The summed E-state index contributed by atoms with van der Waals surface area (Å²) in [6.45, 7) is 4.49. The van der Waals surface area contributed by atoms with Crippen molar-refractivity contribution in [1.82, 2.24) is 0 Å². The number of ether oxygens (including phenoxy) is 2. The number of Topliss-reactive ketones (excluding diaryl/α,β-unsaturated/α-hetero) is 2. The molecule has 4 atom stereocenters. The van der Waals surface area contributed by atoms with Crippen molar-refractivity contribution >= 4 is 23.5 Å². The summed E-state index contributed by atoms with van der Waals surface area (Å²) in [6, 6.07) is 15.0. The number of carbonyl (C=O) groups is 4. The summed E-state index contributed by atoms with van der Waals surface area (Å²) in [5.41, 5.74) is 4.45. The molecular weight excluding hydrogens is 703 g/mol. The molecule has 2 aromatic carbocycles. The molecule has 0 saturated heterocycles. The van der Waals surface area contributed by atoms with Crippen LogP contribution < -0.4 is 44.1 Å². The van der Waals surface area contributed by atoms with E-state index >= 15 is 0 Å². The predicted molar refractivity (Wildman–Crippen MR) is 205 cm³/mol. The zero-order valence-corrected chi connectivity index (χ0v) is 34.5. The Hall–Kier alpha value is -4.08. The normalized spacial score (nSPS) is 22.3. The van der Waals surface area contributed by atoms with Gasteiger partial charge in [-0.05, 0) is 123 Å². The molecule has 4 aliphatic carbocycles. The minimum Gasteiger partial charge on any atom is -0.550 e. The summed E-state index contributed by atoms with van der Waals surface area (Å²) < 4.78 is 11.9. The van der Waals surface area contributed by atoms with E-state index < -0.39 is 11.9 Å². The largest absolute Gasteiger partial charge is 1.00 e. The van der Waals surface area contributed by atoms with Crippen molar-refractivity contribution in [3.05, 3.63) is 83.0 Å². The second kappa shape index (κ2) is 20.7. The summed E-state index contributed by atoms with van der Waals surface area (Å²) in [5, 5.41) is 19.9. The Kier molecular flexibility index (Phi) is 16.4. The van der Waals surface area contributed by atoms with E-state index in [1.165, 1.54) is 11.1 Å². The number of ketones is 2. The third kappa shape index (κ3) is 13.0. The molecular formula is C46H51NaO8. The van der Waals surface area contributed by atoms with E-state index in [4.69, 9.17) is 14.6 Å². The summed E-state index contributed by atoms with van der Waals surface area (Å²) in [5.74, 6) is 11.1. The molecule has 4 aliphatic rings. The summed E-state index contributed by atoms with van der Waals surface area (Å²) in [7, 11) is 0. The number of carboxylic acid groups (broad SMARTS) is 2. The van der Waals surface area contributed by atoms with Gasteiger partial charge in [0, 0.05) is 38.1 Å². The van der Waals surface area contributed by atoms with Crippen LogP contribution in [0.2, 0.25) is 0 Å². The van der Waals surface area contributed by atoms with Crippen molar-refractivity contribution < 1.29 is 68.4 Å². The van der Waals surface area contributed by atoms with Gasteiger partial charge in [0.1, 0.15) is 36.3 Å². The molecule has 0 aromatic heterocycles. The Balaban J connectivity index is 0.000000240. The van der Waals surface area contributed by atoms with Gasteiger partial charge in [-0.15, -0.1) is 11.8 Å². The van der Waals surface area contributed by atoms with Gasteiger partial charge in [0.05, 0.1) is 18.3 Å². The summed E-state index contributed by atoms with van der Waals surface area (Å²) in [4.78, 5) is 45.3. The number of rotatable bonds is 12. The minimum atomic E-state index is -1.10. The average Bonchev–Trinajstić information content (AvgIpc) is 3.69. The zero-order chi connectivity index (χ0) is 38.6. The first-order valence-electron chi connectivity index (χ1n) is 19.2. The van der Waals surface area contributed by atoms with Crippen LogP contribution in [0.1, 0.15) is 127 Å². The first kappa shape index (κ1) is 43.6. The fraction of sp³-hybridized carbons (Fsp3) is 0.478. The molecule has 2 fully saturated rings. The van der Waals surface area contributed by atoms with E-state index in [1.807, 2.05) is 48.5 Å². The Labute approximate surface area is 347 Å². The van der Waals surface area contributed by atoms with E-state index in [0.29, 0.717) is 50.5 Å². The molecule has 2 aromatic rings. The van der Waals surface area contributed by atoms with Crippen molar-refractivity contribution in [2.24, 2.45) is 10.8 Å². The molecule has 2 saturated carbocycles. The molecule has 0 amide bonds. The van der Waals surface area contributed by atoms with Crippen LogP contribution in [0.3, 0.4) is 0 Å². The van der Waals surface area contributed by atoms with Crippen LogP contribution in [0.15, 0.2) is 71.8 Å². The standard InChI is InChI=1S/2C23H26O4.Na/c2*1-2-4-19(13-22(25)26)18-6-8-21(9-7-18)27-16-17-5-3-11-23(14-17)12-10-20(24)15-23;/h2*6-9,14,19H,3,5,10-13,15-16H2,1H3,(H,25,26);/q;;+1/p-1/t2*19-,23-;/m00./s1. The third-order valence-electron chi connectivity index (χ3n) is 11.1. The fourth-order valence-electron chi connectivity index (χ4n) is 8.45. The third-order valence-corrected chi connectivity index (χ3v) is 11.1.